The highest BCUT2D eigenvalue weighted by molar-refractivity contribution is 6.30. The van der Waals surface area contributed by atoms with E-state index in [1.807, 2.05) is 0 Å². The number of carbonyl (C=O) groups excluding carboxylic acids is 1. The Labute approximate surface area is 126 Å². The topological polar surface area (TPSA) is 17.1 Å². The van der Waals surface area contributed by atoms with Gasteiger partial charge in [0.1, 0.15) is 5.78 Å². The fourth-order valence-electron chi connectivity index (χ4n) is 4.90. The molecule has 0 aromatic rings. The van der Waals surface area contributed by atoms with Crippen LogP contribution in [-0.2, 0) is 4.79 Å². The zero-order chi connectivity index (χ0) is 13.4. The first-order valence-electron chi connectivity index (χ1n) is 7.99. The van der Waals surface area contributed by atoms with Crippen molar-refractivity contribution in [2.75, 3.05) is 0 Å². The van der Waals surface area contributed by atoms with Crippen molar-refractivity contribution in [2.45, 2.75) is 68.5 Å². The summed E-state index contributed by atoms with van der Waals surface area (Å²) in [7, 11) is 0. The quantitative estimate of drug-likeness (QED) is 0.637. The van der Waals surface area contributed by atoms with Crippen LogP contribution in [0.2, 0.25) is 0 Å². The Kier molecular flexibility index (Phi) is 4.43. The zero-order valence-electron chi connectivity index (χ0n) is 11.5. The molecule has 108 valence electrons. The maximum absolute atomic E-state index is 12.1. The number of ketones is 1. The second-order valence-electron chi connectivity index (χ2n) is 6.78. The first-order valence-corrected chi connectivity index (χ1v) is 8.86. The van der Waals surface area contributed by atoms with Gasteiger partial charge in [0, 0.05) is 12.3 Å². The van der Waals surface area contributed by atoms with Crippen molar-refractivity contribution in [1.29, 1.82) is 0 Å². The number of fused-ring (bicyclic) bond motifs is 1. The number of hydrogen-bond donors (Lipinski definition) is 0. The van der Waals surface area contributed by atoms with Gasteiger partial charge in [0.05, 0.1) is 10.8 Å². The van der Waals surface area contributed by atoms with E-state index >= 15 is 0 Å². The molecule has 3 aliphatic carbocycles. The minimum absolute atomic E-state index is 0.121. The molecule has 0 saturated heterocycles. The molecule has 3 rings (SSSR count). The van der Waals surface area contributed by atoms with Crippen molar-refractivity contribution in [3.63, 3.8) is 0 Å². The van der Waals surface area contributed by atoms with E-state index in [2.05, 4.69) is 0 Å². The predicted octanol–water partition coefficient (Wildman–Crippen LogP) is 4.79. The lowest BCUT2D eigenvalue weighted by molar-refractivity contribution is -0.131. The average molecular weight is 303 g/mol. The molecule has 3 aliphatic rings. The first-order chi connectivity index (χ1) is 9.18. The number of hydrogen-bond acceptors (Lipinski definition) is 1. The minimum Gasteiger partial charge on any atom is -0.299 e. The van der Waals surface area contributed by atoms with E-state index < -0.39 is 0 Å². The Morgan fingerprint density at radius 1 is 0.789 bits per heavy atom. The summed E-state index contributed by atoms with van der Waals surface area (Å²) in [6.45, 7) is 0. The molecule has 0 radical (unpaired) electrons. The number of alkyl halides is 2. The molecule has 3 heteroatoms. The van der Waals surface area contributed by atoms with E-state index in [1.54, 1.807) is 0 Å². The van der Waals surface area contributed by atoms with Gasteiger partial charge in [-0.15, -0.1) is 23.2 Å². The number of Topliss-reactive ketones (excluding diaryl/α,β-unsaturated/α-hetero) is 1. The molecule has 3 fully saturated rings. The van der Waals surface area contributed by atoms with E-state index in [4.69, 9.17) is 23.2 Å². The monoisotopic (exact) mass is 302 g/mol. The van der Waals surface area contributed by atoms with Gasteiger partial charge in [-0.2, -0.15) is 0 Å². The Bertz CT molecular complexity index is 344. The van der Waals surface area contributed by atoms with Gasteiger partial charge in [0.25, 0.3) is 0 Å². The molecule has 0 N–H and O–H groups in total. The van der Waals surface area contributed by atoms with Crippen molar-refractivity contribution in [3.8, 4) is 0 Å². The van der Waals surface area contributed by atoms with E-state index in [9.17, 15) is 4.79 Å². The third kappa shape index (κ3) is 2.70. The van der Waals surface area contributed by atoms with Gasteiger partial charge in [0.2, 0.25) is 0 Å². The summed E-state index contributed by atoms with van der Waals surface area (Å²) < 4.78 is 0. The van der Waals surface area contributed by atoms with Crippen molar-refractivity contribution in [1.82, 2.24) is 0 Å². The van der Waals surface area contributed by atoms with Crippen LogP contribution in [0.25, 0.3) is 0 Å². The lowest BCUT2D eigenvalue weighted by Crippen LogP contribution is -2.45. The number of halogens is 2. The molecule has 0 aromatic carbocycles. The second-order valence-corrected chi connectivity index (χ2v) is 7.84. The van der Waals surface area contributed by atoms with Gasteiger partial charge in [0.15, 0.2) is 0 Å². The van der Waals surface area contributed by atoms with Gasteiger partial charge in [-0.25, -0.2) is 0 Å². The summed E-state index contributed by atoms with van der Waals surface area (Å²) >= 11 is 13.0. The van der Waals surface area contributed by atoms with Gasteiger partial charge < -0.3 is 0 Å². The average Bonchev–Trinajstić information content (AvgIpc) is 2.43. The van der Waals surface area contributed by atoms with Gasteiger partial charge in [-0.05, 0) is 49.9 Å². The molecular weight excluding hydrogens is 279 g/mol. The van der Waals surface area contributed by atoms with E-state index in [0.717, 1.165) is 25.7 Å². The summed E-state index contributed by atoms with van der Waals surface area (Å²) in [6, 6.07) is 0. The van der Waals surface area contributed by atoms with Crippen LogP contribution in [-0.4, -0.2) is 16.5 Å². The largest absolute Gasteiger partial charge is 0.299 e. The lowest BCUT2D eigenvalue weighted by atomic mass is 9.59. The summed E-state index contributed by atoms with van der Waals surface area (Å²) in [4.78, 5) is 12.1. The SMILES string of the molecule is O=C1CCC(C2CCCC(Cl)C2Cl)C2CCCCC12. The molecule has 0 heterocycles. The second kappa shape index (κ2) is 5.93. The number of rotatable bonds is 1. The molecule has 0 aliphatic heterocycles. The molecular formula is C16H24Cl2O. The van der Waals surface area contributed by atoms with Crippen LogP contribution >= 0.6 is 23.2 Å². The fraction of sp³-hybridized carbons (Fsp3) is 0.938. The van der Waals surface area contributed by atoms with Crippen LogP contribution in [0, 0.1) is 23.7 Å². The highest BCUT2D eigenvalue weighted by Crippen LogP contribution is 2.49. The van der Waals surface area contributed by atoms with E-state index in [0.29, 0.717) is 29.5 Å². The first kappa shape index (κ1) is 14.2. The Hall–Kier alpha value is 0.250. The molecule has 6 atom stereocenters. The minimum atomic E-state index is 0.121. The molecule has 19 heavy (non-hydrogen) atoms. The van der Waals surface area contributed by atoms with Gasteiger partial charge in [-0.1, -0.05) is 19.3 Å². The molecule has 0 amide bonds. The summed E-state index contributed by atoms with van der Waals surface area (Å²) in [5.41, 5.74) is 0. The highest BCUT2D eigenvalue weighted by Gasteiger charge is 2.46. The summed E-state index contributed by atoms with van der Waals surface area (Å²) in [5.74, 6) is 2.71. The molecule has 0 bridgehead atoms. The Balaban J connectivity index is 1.77. The van der Waals surface area contributed by atoms with E-state index in [-0.39, 0.29) is 10.8 Å². The maximum atomic E-state index is 12.1. The highest BCUT2D eigenvalue weighted by atomic mass is 35.5. The maximum Gasteiger partial charge on any atom is 0.136 e. The molecule has 6 unspecified atom stereocenters. The lowest BCUT2D eigenvalue weighted by Gasteiger charge is -2.47. The predicted molar refractivity (Wildman–Crippen MR) is 79.8 cm³/mol. The summed E-state index contributed by atoms with van der Waals surface area (Å²) in [6.07, 6.45) is 10.3. The van der Waals surface area contributed by atoms with Crippen LogP contribution in [0.5, 0.6) is 0 Å². The van der Waals surface area contributed by atoms with Crippen molar-refractivity contribution in [2.24, 2.45) is 23.7 Å². The molecule has 3 saturated carbocycles. The van der Waals surface area contributed by atoms with Crippen molar-refractivity contribution in [3.05, 3.63) is 0 Å². The third-order valence-electron chi connectivity index (χ3n) is 5.83. The third-order valence-corrected chi connectivity index (χ3v) is 7.08. The molecule has 0 spiro atoms. The van der Waals surface area contributed by atoms with Crippen LogP contribution in [0.4, 0.5) is 0 Å². The van der Waals surface area contributed by atoms with Gasteiger partial charge in [-0.3, -0.25) is 4.79 Å². The summed E-state index contributed by atoms with van der Waals surface area (Å²) in [5, 5.41) is 0.260. The number of carbonyl (C=O) groups is 1. The Morgan fingerprint density at radius 3 is 2.37 bits per heavy atom. The zero-order valence-corrected chi connectivity index (χ0v) is 13.0. The fourth-order valence-corrected chi connectivity index (χ4v) is 5.68. The van der Waals surface area contributed by atoms with Crippen LogP contribution in [0.1, 0.15) is 57.8 Å². The van der Waals surface area contributed by atoms with Crippen LogP contribution in [0.15, 0.2) is 0 Å². The van der Waals surface area contributed by atoms with Crippen molar-refractivity contribution < 1.29 is 4.79 Å². The molecule has 0 aromatic heterocycles. The normalized spacial score (nSPS) is 47.8. The molecule has 1 nitrogen and oxygen atoms in total. The Morgan fingerprint density at radius 2 is 1.53 bits per heavy atom. The van der Waals surface area contributed by atoms with Gasteiger partial charge >= 0.3 is 0 Å². The van der Waals surface area contributed by atoms with Crippen LogP contribution < -0.4 is 0 Å². The standard InChI is InChI=1S/C16H24Cl2O/c17-14-7-3-6-13(16(14)18)11-8-9-15(19)12-5-2-1-4-10(11)12/h10-14,16H,1-9H2. The van der Waals surface area contributed by atoms with E-state index in [1.165, 1.54) is 32.1 Å². The van der Waals surface area contributed by atoms with Crippen LogP contribution in [0.3, 0.4) is 0 Å². The van der Waals surface area contributed by atoms with Crippen molar-refractivity contribution >= 4 is 29.0 Å². The smallest absolute Gasteiger partial charge is 0.136 e.